The van der Waals surface area contributed by atoms with Gasteiger partial charge in [0.1, 0.15) is 17.3 Å². The van der Waals surface area contributed by atoms with Crippen molar-refractivity contribution in [1.29, 1.82) is 0 Å². The summed E-state index contributed by atoms with van der Waals surface area (Å²) in [5.74, 6) is -0.0169. The predicted molar refractivity (Wildman–Crippen MR) is 117 cm³/mol. The van der Waals surface area contributed by atoms with E-state index in [1.54, 1.807) is 42.2 Å². The third-order valence-electron chi connectivity index (χ3n) is 4.96. The number of aryl methyl sites for hydroxylation is 1. The highest BCUT2D eigenvalue weighted by Crippen LogP contribution is 2.28. The topological polar surface area (TPSA) is 82.1 Å². The van der Waals surface area contributed by atoms with Crippen LogP contribution >= 0.6 is 11.6 Å². The Labute approximate surface area is 188 Å². The number of carbonyl (C=O) groups is 1. The van der Waals surface area contributed by atoms with Crippen LogP contribution in [0.4, 0.5) is 0 Å². The zero-order valence-electron chi connectivity index (χ0n) is 17.5. The summed E-state index contributed by atoms with van der Waals surface area (Å²) in [5, 5.41) is 0.101. The maximum Gasteiger partial charge on any atom is 0.340 e. The fourth-order valence-electron chi connectivity index (χ4n) is 3.52. The van der Waals surface area contributed by atoms with Gasteiger partial charge in [-0.1, -0.05) is 35.9 Å². The molecule has 1 fully saturated rings. The van der Waals surface area contributed by atoms with Gasteiger partial charge in [0, 0.05) is 26.8 Å². The van der Waals surface area contributed by atoms with Gasteiger partial charge in [0.05, 0.1) is 11.1 Å². The summed E-state index contributed by atoms with van der Waals surface area (Å²) in [6, 6.07) is 11.5. The van der Waals surface area contributed by atoms with Crippen molar-refractivity contribution in [2.75, 3.05) is 26.9 Å². The first-order valence-electron chi connectivity index (χ1n) is 9.97. The quantitative estimate of drug-likeness (QED) is 0.524. The Morgan fingerprint density at radius 3 is 2.71 bits per heavy atom. The van der Waals surface area contributed by atoms with E-state index in [-0.39, 0.29) is 40.8 Å². The van der Waals surface area contributed by atoms with Gasteiger partial charge in [-0.05, 0) is 49.1 Å². The summed E-state index contributed by atoms with van der Waals surface area (Å²) >= 11 is 6.10. The summed E-state index contributed by atoms with van der Waals surface area (Å²) in [7, 11) is -2.65. The maximum atomic E-state index is 12.8. The standard InChI is InChI=1S/C22H26ClNO6S/c1-16-6-3-10-20(23)22(16)31(26,27)30-18-8-4-7-17(12-18)13-24(21(25)15-28-2)14-19-9-5-11-29-19/h3-4,6-8,10,12,19H,5,9,11,13-15H2,1-2H3/t19-/m0/s1. The number of benzene rings is 2. The lowest BCUT2D eigenvalue weighted by Crippen LogP contribution is -2.38. The number of hydrogen-bond acceptors (Lipinski definition) is 6. The first kappa shape index (κ1) is 23.5. The normalized spacial score (nSPS) is 16.3. The lowest BCUT2D eigenvalue weighted by atomic mass is 10.1. The highest BCUT2D eigenvalue weighted by atomic mass is 35.5. The van der Waals surface area contributed by atoms with E-state index in [4.69, 9.17) is 25.3 Å². The van der Waals surface area contributed by atoms with Gasteiger partial charge in [0.15, 0.2) is 0 Å². The van der Waals surface area contributed by atoms with Crippen molar-refractivity contribution in [2.24, 2.45) is 0 Å². The van der Waals surface area contributed by atoms with E-state index in [1.807, 2.05) is 6.07 Å². The second-order valence-electron chi connectivity index (χ2n) is 7.41. The first-order valence-corrected chi connectivity index (χ1v) is 11.8. The minimum Gasteiger partial charge on any atom is -0.379 e. The number of ether oxygens (including phenoxy) is 2. The number of rotatable bonds is 9. The summed E-state index contributed by atoms with van der Waals surface area (Å²) in [6.45, 7) is 3.04. The summed E-state index contributed by atoms with van der Waals surface area (Å²) in [4.78, 5) is 14.1. The summed E-state index contributed by atoms with van der Waals surface area (Å²) in [5.41, 5.74) is 1.22. The third-order valence-corrected chi connectivity index (χ3v) is 6.84. The molecule has 0 radical (unpaired) electrons. The molecular formula is C22H26ClNO6S. The second-order valence-corrected chi connectivity index (χ2v) is 9.30. The molecule has 0 spiro atoms. The van der Waals surface area contributed by atoms with Crippen LogP contribution in [0.25, 0.3) is 0 Å². The van der Waals surface area contributed by atoms with Crippen LogP contribution in [0, 0.1) is 6.92 Å². The van der Waals surface area contributed by atoms with Crippen LogP contribution in [0.1, 0.15) is 24.0 Å². The lowest BCUT2D eigenvalue weighted by molar-refractivity contribution is -0.137. The summed E-state index contributed by atoms with van der Waals surface area (Å²) in [6.07, 6.45) is 1.86. The van der Waals surface area contributed by atoms with Crippen LogP contribution in [-0.4, -0.2) is 52.2 Å². The van der Waals surface area contributed by atoms with Crippen molar-refractivity contribution in [3.8, 4) is 5.75 Å². The molecule has 0 bridgehead atoms. The highest BCUT2D eigenvalue weighted by Gasteiger charge is 2.25. The highest BCUT2D eigenvalue weighted by molar-refractivity contribution is 7.87. The number of amides is 1. The molecule has 168 valence electrons. The Bertz CT molecular complexity index is 1000. The van der Waals surface area contributed by atoms with Crippen LogP contribution in [0.2, 0.25) is 5.02 Å². The van der Waals surface area contributed by atoms with Crippen molar-refractivity contribution in [1.82, 2.24) is 4.90 Å². The Balaban J connectivity index is 1.78. The van der Waals surface area contributed by atoms with E-state index in [0.717, 1.165) is 18.4 Å². The predicted octanol–water partition coefficient (Wildman–Crippen LogP) is 3.57. The molecule has 1 atom stereocenters. The Kier molecular flexibility index (Phi) is 7.94. The van der Waals surface area contributed by atoms with E-state index < -0.39 is 10.1 Å². The van der Waals surface area contributed by atoms with Crippen LogP contribution in [0.15, 0.2) is 47.4 Å². The van der Waals surface area contributed by atoms with E-state index in [9.17, 15) is 13.2 Å². The minimum absolute atomic E-state index is 0.0104. The molecule has 2 aromatic rings. The fourth-order valence-corrected chi connectivity index (χ4v) is 5.24. The van der Waals surface area contributed by atoms with E-state index >= 15 is 0 Å². The number of carbonyl (C=O) groups excluding carboxylic acids is 1. The average Bonchev–Trinajstić information content (AvgIpc) is 3.20. The molecule has 0 aliphatic carbocycles. The van der Waals surface area contributed by atoms with Crippen molar-refractivity contribution in [3.63, 3.8) is 0 Å². The Morgan fingerprint density at radius 1 is 1.26 bits per heavy atom. The minimum atomic E-state index is -4.12. The molecule has 0 saturated carbocycles. The number of hydrogen-bond donors (Lipinski definition) is 0. The smallest absolute Gasteiger partial charge is 0.340 e. The second kappa shape index (κ2) is 10.5. The van der Waals surface area contributed by atoms with Crippen LogP contribution in [-0.2, 0) is 30.9 Å². The molecule has 7 nitrogen and oxygen atoms in total. The van der Waals surface area contributed by atoms with Gasteiger partial charge in [-0.2, -0.15) is 8.42 Å². The SMILES string of the molecule is COCC(=O)N(Cc1cccc(OS(=O)(=O)c2c(C)cccc2Cl)c1)C[C@@H]1CCCO1. The van der Waals surface area contributed by atoms with E-state index in [1.165, 1.54) is 13.2 Å². The first-order chi connectivity index (χ1) is 14.8. The van der Waals surface area contributed by atoms with E-state index in [2.05, 4.69) is 0 Å². The molecule has 3 rings (SSSR count). The van der Waals surface area contributed by atoms with Gasteiger partial charge in [0.2, 0.25) is 5.91 Å². The molecule has 0 N–H and O–H groups in total. The summed E-state index contributed by atoms with van der Waals surface area (Å²) < 4.78 is 41.6. The molecule has 1 aliphatic heterocycles. The molecule has 1 aliphatic rings. The molecular weight excluding hydrogens is 442 g/mol. The lowest BCUT2D eigenvalue weighted by Gasteiger charge is -2.25. The molecule has 1 heterocycles. The van der Waals surface area contributed by atoms with Gasteiger partial charge >= 0.3 is 10.1 Å². The Morgan fingerprint density at radius 2 is 2.03 bits per heavy atom. The zero-order valence-corrected chi connectivity index (χ0v) is 19.1. The monoisotopic (exact) mass is 467 g/mol. The maximum absolute atomic E-state index is 12.8. The number of halogens is 1. The van der Waals surface area contributed by atoms with Gasteiger partial charge in [-0.3, -0.25) is 4.79 Å². The fraction of sp³-hybridized carbons (Fsp3) is 0.409. The molecule has 0 unspecified atom stereocenters. The van der Waals surface area contributed by atoms with Crippen LogP contribution < -0.4 is 4.18 Å². The molecule has 9 heteroatoms. The molecule has 2 aromatic carbocycles. The Hall–Kier alpha value is -2.13. The van der Waals surface area contributed by atoms with E-state index in [0.29, 0.717) is 18.7 Å². The van der Waals surface area contributed by atoms with Crippen molar-refractivity contribution < 1.29 is 26.9 Å². The van der Waals surface area contributed by atoms with Gasteiger partial charge in [-0.15, -0.1) is 0 Å². The van der Waals surface area contributed by atoms with Crippen molar-refractivity contribution in [3.05, 3.63) is 58.6 Å². The largest absolute Gasteiger partial charge is 0.379 e. The molecule has 0 aromatic heterocycles. The number of methoxy groups -OCH3 is 1. The van der Waals surface area contributed by atoms with Gasteiger partial charge < -0.3 is 18.6 Å². The van der Waals surface area contributed by atoms with Crippen molar-refractivity contribution >= 4 is 27.6 Å². The van der Waals surface area contributed by atoms with Gasteiger partial charge in [-0.25, -0.2) is 0 Å². The van der Waals surface area contributed by atoms with Crippen LogP contribution in [0.3, 0.4) is 0 Å². The van der Waals surface area contributed by atoms with Gasteiger partial charge in [0.25, 0.3) is 0 Å². The van der Waals surface area contributed by atoms with Crippen LogP contribution in [0.5, 0.6) is 5.75 Å². The third kappa shape index (κ3) is 6.20. The van der Waals surface area contributed by atoms with Crippen molar-refractivity contribution in [2.45, 2.75) is 37.3 Å². The molecule has 1 amide bonds. The average molecular weight is 468 g/mol. The number of nitrogens with zero attached hydrogens (tertiary/aromatic N) is 1. The zero-order chi connectivity index (χ0) is 22.4. The molecule has 1 saturated heterocycles. The molecule has 31 heavy (non-hydrogen) atoms.